The number of hydrogen-bond acceptors (Lipinski definition) is 6. The zero-order valence-electron chi connectivity index (χ0n) is 17.3. The number of carbonyl (C=O) groups is 2. The van der Waals surface area contributed by atoms with Gasteiger partial charge in [-0.2, -0.15) is 0 Å². The molecule has 7 nitrogen and oxygen atoms in total. The van der Waals surface area contributed by atoms with Crippen molar-refractivity contribution in [2.24, 2.45) is 0 Å². The van der Waals surface area contributed by atoms with Crippen LogP contribution >= 0.6 is 0 Å². The maximum Gasteiger partial charge on any atom is 0.338 e. The highest BCUT2D eigenvalue weighted by Crippen LogP contribution is 2.18. The van der Waals surface area contributed by atoms with Crippen molar-refractivity contribution < 1.29 is 28.5 Å². The summed E-state index contributed by atoms with van der Waals surface area (Å²) >= 11 is 0. The highest BCUT2D eigenvalue weighted by Gasteiger charge is 2.20. The number of benzene rings is 2. The van der Waals surface area contributed by atoms with Gasteiger partial charge in [0.1, 0.15) is 18.1 Å². The highest BCUT2D eigenvalue weighted by molar-refractivity contribution is 5.97. The lowest BCUT2D eigenvalue weighted by Crippen LogP contribution is -2.30. The largest absolute Gasteiger partial charge is 0.494 e. The van der Waals surface area contributed by atoms with Gasteiger partial charge in [0, 0.05) is 12.3 Å². The number of ether oxygens (including phenoxy) is 4. The second-order valence-corrected chi connectivity index (χ2v) is 6.96. The van der Waals surface area contributed by atoms with Gasteiger partial charge in [-0.15, -0.1) is 0 Å². The normalized spacial score (nSPS) is 16.5. The van der Waals surface area contributed by atoms with E-state index in [9.17, 15) is 9.59 Å². The Bertz CT molecular complexity index is 828. The fraction of sp³-hybridized carbons (Fsp3) is 0.391. The van der Waals surface area contributed by atoms with Crippen molar-refractivity contribution in [3.63, 3.8) is 0 Å². The lowest BCUT2D eigenvalue weighted by atomic mass is 10.2. The third-order valence-electron chi connectivity index (χ3n) is 4.64. The van der Waals surface area contributed by atoms with Crippen molar-refractivity contribution in [3.8, 4) is 11.5 Å². The second-order valence-electron chi connectivity index (χ2n) is 6.96. The Morgan fingerprint density at radius 3 is 2.37 bits per heavy atom. The van der Waals surface area contributed by atoms with Crippen LogP contribution in [0.3, 0.4) is 0 Å². The van der Waals surface area contributed by atoms with Crippen molar-refractivity contribution in [1.82, 2.24) is 0 Å². The molecule has 1 heterocycles. The summed E-state index contributed by atoms with van der Waals surface area (Å²) < 4.78 is 21.8. The number of hydrogen-bond donors (Lipinski definition) is 1. The van der Waals surface area contributed by atoms with E-state index in [4.69, 9.17) is 18.9 Å². The van der Waals surface area contributed by atoms with Crippen LogP contribution in [0.5, 0.6) is 11.5 Å². The molecule has 0 aliphatic carbocycles. The summed E-state index contributed by atoms with van der Waals surface area (Å²) in [6, 6.07) is 13.6. The van der Waals surface area contributed by atoms with Gasteiger partial charge in [0.25, 0.3) is 5.91 Å². The summed E-state index contributed by atoms with van der Waals surface area (Å²) in [6.07, 6.45) is 1.24. The van der Waals surface area contributed by atoms with Crippen molar-refractivity contribution in [3.05, 3.63) is 54.1 Å². The van der Waals surface area contributed by atoms with Gasteiger partial charge in [0.2, 0.25) is 0 Å². The quantitative estimate of drug-likeness (QED) is 0.629. The van der Waals surface area contributed by atoms with Crippen LogP contribution in [0, 0.1) is 0 Å². The zero-order valence-corrected chi connectivity index (χ0v) is 17.3. The molecular formula is C23H27NO6. The first kappa shape index (κ1) is 21.6. The third-order valence-corrected chi connectivity index (χ3v) is 4.64. The summed E-state index contributed by atoms with van der Waals surface area (Å²) in [5.74, 6) is 0.389. The van der Waals surface area contributed by atoms with E-state index in [-0.39, 0.29) is 6.10 Å². The lowest BCUT2D eigenvalue weighted by molar-refractivity contribution is -0.123. The number of nitrogens with one attached hydrogen (secondary N) is 1. The summed E-state index contributed by atoms with van der Waals surface area (Å²) in [5.41, 5.74) is 0.944. The molecule has 0 aromatic heterocycles. The Morgan fingerprint density at radius 1 is 1.07 bits per heavy atom. The van der Waals surface area contributed by atoms with Crippen LogP contribution in [-0.4, -0.2) is 43.9 Å². The SMILES string of the molecule is CCOc1ccc(NC(=O)[C@H](C)OC(=O)c2ccc(OC[C@H]3CCCO3)cc2)cc1. The maximum absolute atomic E-state index is 12.3. The minimum atomic E-state index is -0.945. The summed E-state index contributed by atoms with van der Waals surface area (Å²) in [6.45, 7) is 5.27. The Kier molecular flexibility index (Phi) is 7.68. The van der Waals surface area contributed by atoms with Crippen LogP contribution < -0.4 is 14.8 Å². The molecule has 1 aliphatic rings. The Labute approximate surface area is 176 Å². The first-order valence-corrected chi connectivity index (χ1v) is 10.1. The minimum absolute atomic E-state index is 0.129. The van der Waals surface area contributed by atoms with Gasteiger partial charge in [-0.1, -0.05) is 0 Å². The van der Waals surface area contributed by atoms with Gasteiger partial charge in [0.05, 0.1) is 18.3 Å². The Morgan fingerprint density at radius 2 is 1.73 bits per heavy atom. The predicted octanol–water partition coefficient (Wildman–Crippen LogP) is 3.83. The van der Waals surface area contributed by atoms with Crippen LogP contribution in [0.2, 0.25) is 0 Å². The molecule has 0 bridgehead atoms. The molecule has 30 heavy (non-hydrogen) atoms. The zero-order chi connectivity index (χ0) is 21.3. The number of rotatable bonds is 9. The minimum Gasteiger partial charge on any atom is -0.494 e. The molecule has 1 aliphatic heterocycles. The molecule has 1 amide bonds. The molecule has 0 spiro atoms. The van der Waals surface area contributed by atoms with Gasteiger partial charge in [-0.05, 0) is 75.2 Å². The van der Waals surface area contributed by atoms with E-state index in [0.717, 1.165) is 25.2 Å². The fourth-order valence-electron chi connectivity index (χ4n) is 2.98. The Hall–Kier alpha value is -3.06. The topological polar surface area (TPSA) is 83.1 Å². The highest BCUT2D eigenvalue weighted by atomic mass is 16.5. The summed E-state index contributed by atoms with van der Waals surface area (Å²) in [7, 11) is 0. The smallest absolute Gasteiger partial charge is 0.338 e. The van der Waals surface area contributed by atoms with E-state index in [0.29, 0.717) is 30.2 Å². The number of esters is 1. The standard InChI is InChI=1S/C23H27NO6/c1-3-27-19-12-8-18(9-13-19)24-22(25)16(2)30-23(26)17-6-10-20(11-7-17)29-15-21-5-4-14-28-21/h6-13,16,21H,3-5,14-15H2,1-2H3,(H,24,25)/t16-,21+/m0/s1. The molecule has 0 saturated carbocycles. The van der Waals surface area contributed by atoms with Crippen LogP contribution in [0.4, 0.5) is 5.69 Å². The van der Waals surface area contributed by atoms with Crippen molar-refractivity contribution >= 4 is 17.6 Å². The maximum atomic E-state index is 12.3. The van der Waals surface area contributed by atoms with E-state index in [1.165, 1.54) is 6.92 Å². The molecular weight excluding hydrogens is 386 g/mol. The van der Waals surface area contributed by atoms with E-state index < -0.39 is 18.0 Å². The second kappa shape index (κ2) is 10.6. The number of carbonyl (C=O) groups excluding carboxylic acids is 2. The predicted molar refractivity (Wildman–Crippen MR) is 112 cm³/mol. The van der Waals surface area contributed by atoms with Gasteiger partial charge in [-0.25, -0.2) is 4.79 Å². The average molecular weight is 413 g/mol. The Balaban J connectivity index is 1.47. The van der Waals surface area contributed by atoms with Crippen LogP contribution in [0.1, 0.15) is 37.0 Å². The van der Waals surface area contributed by atoms with Gasteiger partial charge < -0.3 is 24.3 Å². The molecule has 0 unspecified atom stereocenters. The number of amides is 1. The summed E-state index contributed by atoms with van der Waals surface area (Å²) in [5, 5.41) is 2.72. The molecule has 2 aromatic carbocycles. The summed E-state index contributed by atoms with van der Waals surface area (Å²) in [4.78, 5) is 24.6. The van der Waals surface area contributed by atoms with Crippen molar-refractivity contribution in [2.75, 3.05) is 25.1 Å². The molecule has 3 rings (SSSR count). The molecule has 160 valence electrons. The fourth-order valence-corrected chi connectivity index (χ4v) is 2.98. The molecule has 1 N–H and O–H groups in total. The molecule has 1 saturated heterocycles. The van der Waals surface area contributed by atoms with Crippen LogP contribution in [0.15, 0.2) is 48.5 Å². The van der Waals surface area contributed by atoms with E-state index in [2.05, 4.69) is 5.32 Å². The van der Waals surface area contributed by atoms with Crippen molar-refractivity contribution in [1.29, 1.82) is 0 Å². The molecule has 1 fully saturated rings. The van der Waals surface area contributed by atoms with E-state index in [1.54, 1.807) is 48.5 Å². The van der Waals surface area contributed by atoms with Gasteiger partial charge in [-0.3, -0.25) is 4.79 Å². The molecule has 7 heteroatoms. The van der Waals surface area contributed by atoms with Crippen LogP contribution in [-0.2, 0) is 14.3 Å². The third kappa shape index (κ3) is 6.22. The molecule has 2 aromatic rings. The van der Waals surface area contributed by atoms with Gasteiger partial charge >= 0.3 is 5.97 Å². The first-order valence-electron chi connectivity index (χ1n) is 10.1. The van der Waals surface area contributed by atoms with Crippen LogP contribution in [0.25, 0.3) is 0 Å². The van der Waals surface area contributed by atoms with Gasteiger partial charge in [0.15, 0.2) is 6.10 Å². The monoisotopic (exact) mass is 413 g/mol. The van der Waals surface area contributed by atoms with E-state index in [1.807, 2.05) is 6.92 Å². The molecule has 0 radical (unpaired) electrons. The number of anilines is 1. The lowest BCUT2D eigenvalue weighted by Gasteiger charge is -2.14. The first-order chi connectivity index (χ1) is 14.5. The van der Waals surface area contributed by atoms with Crippen molar-refractivity contribution in [2.45, 2.75) is 38.9 Å². The average Bonchev–Trinajstić information content (AvgIpc) is 3.28. The van der Waals surface area contributed by atoms with E-state index >= 15 is 0 Å². The molecule has 2 atom stereocenters.